The lowest BCUT2D eigenvalue weighted by Crippen LogP contribution is -2.50. The highest BCUT2D eigenvalue weighted by Crippen LogP contribution is 2.25. The van der Waals surface area contributed by atoms with Gasteiger partial charge in [-0.1, -0.05) is 35.9 Å². The Bertz CT molecular complexity index is 915. The van der Waals surface area contributed by atoms with Crippen LogP contribution in [0, 0.1) is 0 Å². The molecule has 3 rings (SSSR count). The molecule has 0 aromatic heterocycles. The Balaban J connectivity index is 1.63. The number of esters is 1. The average Bonchev–Trinajstić information content (AvgIpc) is 2.82. The third-order valence-electron chi connectivity index (χ3n) is 5.48. The van der Waals surface area contributed by atoms with Crippen molar-refractivity contribution in [1.82, 2.24) is 9.80 Å². The van der Waals surface area contributed by atoms with Crippen LogP contribution < -0.4 is 4.74 Å². The first-order valence-electron chi connectivity index (χ1n) is 10.6. The zero-order valence-electron chi connectivity index (χ0n) is 18.5. The molecular weight excluding hydrogens is 432 g/mol. The van der Waals surface area contributed by atoms with E-state index in [-0.39, 0.29) is 18.4 Å². The fourth-order valence-electron chi connectivity index (χ4n) is 3.64. The number of amides is 1. The van der Waals surface area contributed by atoms with Crippen molar-refractivity contribution in [2.24, 2.45) is 0 Å². The summed E-state index contributed by atoms with van der Waals surface area (Å²) >= 11 is 6.11. The molecule has 0 saturated carbocycles. The van der Waals surface area contributed by atoms with Crippen molar-refractivity contribution in [3.05, 3.63) is 64.7 Å². The fourth-order valence-corrected chi connectivity index (χ4v) is 3.85. The van der Waals surface area contributed by atoms with Gasteiger partial charge in [0.25, 0.3) is 0 Å². The number of methoxy groups -OCH3 is 2. The summed E-state index contributed by atoms with van der Waals surface area (Å²) in [6, 6.07) is 15.5. The van der Waals surface area contributed by atoms with Gasteiger partial charge in [0, 0.05) is 37.7 Å². The van der Waals surface area contributed by atoms with E-state index in [1.807, 2.05) is 48.5 Å². The number of piperazine rings is 1. The van der Waals surface area contributed by atoms with Crippen LogP contribution in [0.2, 0.25) is 5.02 Å². The fraction of sp³-hybridized carbons (Fsp3) is 0.417. The van der Waals surface area contributed by atoms with Gasteiger partial charge in [-0.25, -0.2) is 0 Å². The average molecular weight is 461 g/mol. The number of hydrogen-bond acceptors (Lipinski definition) is 6. The van der Waals surface area contributed by atoms with Crippen LogP contribution in [-0.2, 0) is 25.7 Å². The molecule has 2 aromatic rings. The topological polar surface area (TPSA) is 68.3 Å². The van der Waals surface area contributed by atoms with Crippen LogP contribution in [0.25, 0.3) is 0 Å². The quantitative estimate of drug-likeness (QED) is 0.422. The maximum absolute atomic E-state index is 12.2. The van der Waals surface area contributed by atoms with Crippen LogP contribution in [-0.4, -0.2) is 68.6 Å². The first-order valence-corrected chi connectivity index (χ1v) is 10.9. The van der Waals surface area contributed by atoms with E-state index in [0.717, 1.165) is 16.9 Å². The van der Waals surface area contributed by atoms with Crippen LogP contribution in [0.3, 0.4) is 0 Å². The third-order valence-corrected chi connectivity index (χ3v) is 5.71. The summed E-state index contributed by atoms with van der Waals surface area (Å²) in [5.41, 5.74) is 2.03. The first kappa shape index (κ1) is 24.0. The van der Waals surface area contributed by atoms with Gasteiger partial charge < -0.3 is 19.1 Å². The van der Waals surface area contributed by atoms with Crippen LogP contribution in [0.1, 0.15) is 23.7 Å². The molecule has 1 unspecified atom stereocenters. The summed E-state index contributed by atoms with van der Waals surface area (Å²) in [6.07, 6.45) is -0.396. The highest BCUT2D eigenvalue weighted by molar-refractivity contribution is 6.30. The van der Waals surface area contributed by atoms with Crippen LogP contribution in [0.4, 0.5) is 0 Å². The van der Waals surface area contributed by atoms with Crippen molar-refractivity contribution in [3.63, 3.8) is 0 Å². The van der Waals surface area contributed by atoms with Crippen LogP contribution in [0.15, 0.2) is 48.5 Å². The smallest absolute Gasteiger partial charge is 0.315 e. The van der Waals surface area contributed by atoms with Crippen molar-refractivity contribution < 1.29 is 23.8 Å². The van der Waals surface area contributed by atoms with E-state index in [0.29, 0.717) is 44.4 Å². The minimum atomic E-state index is -0.509. The van der Waals surface area contributed by atoms with Crippen molar-refractivity contribution in [2.75, 3.05) is 46.9 Å². The number of ether oxygens (including phenoxy) is 3. The van der Waals surface area contributed by atoms with Gasteiger partial charge in [0.1, 0.15) is 12.2 Å². The van der Waals surface area contributed by atoms with Gasteiger partial charge >= 0.3 is 5.97 Å². The van der Waals surface area contributed by atoms with E-state index in [2.05, 4.69) is 9.64 Å². The maximum Gasteiger partial charge on any atom is 0.315 e. The van der Waals surface area contributed by atoms with E-state index in [1.54, 1.807) is 12.0 Å². The predicted octanol–water partition coefficient (Wildman–Crippen LogP) is 3.31. The van der Waals surface area contributed by atoms with E-state index in [4.69, 9.17) is 21.1 Å². The van der Waals surface area contributed by atoms with E-state index in [1.165, 1.54) is 7.11 Å². The minimum absolute atomic E-state index is 0.179. The number of rotatable bonds is 9. The molecule has 0 bridgehead atoms. The molecule has 2 aromatic carbocycles. The van der Waals surface area contributed by atoms with E-state index in [9.17, 15) is 9.59 Å². The Kier molecular flexibility index (Phi) is 8.90. The van der Waals surface area contributed by atoms with Crippen LogP contribution in [0.5, 0.6) is 5.75 Å². The van der Waals surface area contributed by atoms with E-state index >= 15 is 0 Å². The monoisotopic (exact) mass is 460 g/mol. The summed E-state index contributed by atoms with van der Waals surface area (Å²) in [5.74, 6) is 0.0695. The second-order valence-electron chi connectivity index (χ2n) is 7.64. The second kappa shape index (κ2) is 11.9. The number of nitrogens with zero attached hydrogens (tertiary/aromatic N) is 2. The number of benzene rings is 2. The van der Waals surface area contributed by atoms with E-state index < -0.39 is 5.97 Å². The van der Waals surface area contributed by atoms with Crippen LogP contribution >= 0.6 is 11.6 Å². The molecule has 1 amide bonds. The summed E-state index contributed by atoms with van der Waals surface area (Å²) in [5, 5.41) is 0.678. The normalized spacial score (nSPS) is 15.3. The minimum Gasteiger partial charge on any atom is -0.497 e. The summed E-state index contributed by atoms with van der Waals surface area (Å²) in [4.78, 5) is 27.6. The lowest BCUT2D eigenvalue weighted by molar-refractivity contribution is -0.147. The lowest BCUT2D eigenvalue weighted by atomic mass is 10.1. The molecule has 1 aliphatic rings. The van der Waals surface area contributed by atoms with Gasteiger partial charge in [0.15, 0.2) is 0 Å². The molecular formula is C24H29ClN2O5. The molecule has 172 valence electrons. The summed E-state index contributed by atoms with van der Waals surface area (Å²) < 4.78 is 16.3. The van der Waals surface area contributed by atoms with Gasteiger partial charge in [0.05, 0.1) is 26.9 Å². The van der Waals surface area contributed by atoms with Gasteiger partial charge in [-0.15, -0.1) is 0 Å². The van der Waals surface area contributed by atoms with Gasteiger partial charge in [-0.3, -0.25) is 14.5 Å². The Morgan fingerprint density at radius 2 is 1.78 bits per heavy atom. The zero-order valence-corrected chi connectivity index (χ0v) is 19.2. The number of carbonyl (C=O) groups is 2. The number of carbonyl (C=O) groups excluding carboxylic acids is 2. The molecule has 0 radical (unpaired) electrons. The molecule has 8 heteroatoms. The molecule has 32 heavy (non-hydrogen) atoms. The summed E-state index contributed by atoms with van der Waals surface area (Å²) in [7, 11) is 2.93. The second-order valence-corrected chi connectivity index (χ2v) is 8.08. The molecule has 1 aliphatic heterocycles. The Labute approximate surface area is 193 Å². The molecule has 1 fully saturated rings. The van der Waals surface area contributed by atoms with Gasteiger partial charge in [-0.2, -0.15) is 0 Å². The first-order chi connectivity index (χ1) is 15.5. The highest BCUT2D eigenvalue weighted by atomic mass is 35.5. The van der Waals surface area contributed by atoms with Crippen molar-refractivity contribution in [2.45, 2.75) is 19.1 Å². The number of halogens is 1. The van der Waals surface area contributed by atoms with Crippen molar-refractivity contribution in [3.8, 4) is 5.75 Å². The zero-order chi connectivity index (χ0) is 22.9. The molecule has 0 aliphatic carbocycles. The predicted molar refractivity (Wildman–Crippen MR) is 122 cm³/mol. The molecule has 1 atom stereocenters. The Morgan fingerprint density at radius 1 is 1.03 bits per heavy atom. The molecule has 7 nitrogen and oxygen atoms in total. The van der Waals surface area contributed by atoms with Crippen molar-refractivity contribution in [1.29, 1.82) is 0 Å². The van der Waals surface area contributed by atoms with Gasteiger partial charge in [-0.05, 0) is 35.4 Å². The standard InChI is InChI=1S/C24H29ClN2O5/c1-30-21-8-4-6-19(14-21)22(32-17-18-5-3-7-20(25)13-18)16-26-9-11-27(12-10-26)23(28)15-24(29)31-2/h3-8,13-14,22H,9-12,15-17H2,1-2H3. The van der Waals surface area contributed by atoms with Gasteiger partial charge in [0.2, 0.25) is 5.91 Å². The molecule has 0 spiro atoms. The lowest BCUT2D eigenvalue weighted by Gasteiger charge is -2.36. The maximum atomic E-state index is 12.2. The SMILES string of the molecule is COC(=O)CC(=O)N1CCN(CC(OCc2cccc(Cl)c2)c2cccc(OC)c2)CC1. The Morgan fingerprint density at radius 3 is 2.47 bits per heavy atom. The Hall–Kier alpha value is -2.61. The molecule has 1 heterocycles. The summed E-state index contributed by atoms with van der Waals surface area (Å²) in [6.45, 7) is 3.64. The third kappa shape index (κ3) is 6.95. The molecule has 0 N–H and O–H groups in total. The van der Waals surface area contributed by atoms with Crippen molar-refractivity contribution >= 4 is 23.5 Å². The number of hydrogen-bond donors (Lipinski definition) is 0. The molecule has 1 saturated heterocycles. The highest BCUT2D eigenvalue weighted by Gasteiger charge is 2.25. The largest absolute Gasteiger partial charge is 0.497 e.